The van der Waals surface area contributed by atoms with Gasteiger partial charge in [0.1, 0.15) is 0 Å². The highest BCUT2D eigenvalue weighted by atomic mass is 19.4. The van der Waals surface area contributed by atoms with Crippen LogP contribution >= 0.6 is 0 Å². The topological polar surface area (TPSA) is 73.8 Å². The SMILES string of the molecule is O=C(O)C(F)(F)C(F)(F)C(F)(F)C(F)(F)C(F)(F)C(F)(F)F.[NH4+]. The Balaban J connectivity index is 0. The third-order valence-electron chi connectivity index (χ3n) is 2.20. The van der Waals surface area contributed by atoms with Gasteiger partial charge in [0.15, 0.2) is 0 Å². The van der Waals surface area contributed by atoms with E-state index in [-0.39, 0.29) is 6.15 Å². The molecule has 0 fully saturated rings. The number of hydrogen-bond acceptors (Lipinski definition) is 1. The van der Waals surface area contributed by atoms with E-state index in [4.69, 9.17) is 5.11 Å². The van der Waals surface area contributed by atoms with Crippen molar-refractivity contribution in [2.24, 2.45) is 0 Å². The second-order valence-corrected chi connectivity index (χ2v) is 3.67. The summed E-state index contributed by atoms with van der Waals surface area (Å²) in [7, 11) is 0. The minimum Gasteiger partial charge on any atom is -0.477 e. The van der Waals surface area contributed by atoms with Crippen LogP contribution in [0, 0.1) is 0 Å². The van der Waals surface area contributed by atoms with Crippen LogP contribution in [0.5, 0.6) is 0 Å². The van der Waals surface area contributed by atoms with Crippen LogP contribution in [0.2, 0.25) is 0 Å². The largest absolute Gasteiger partial charge is 0.477 e. The van der Waals surface area contributed by atoms with Crippen molar-refractivity contribution >= 4 is 5.97 Å². The molecule has 0 aliphatic carbocycles. The van der Waals surface area contributed by atoms with Crippen molar-refractivity contribution in [3.63, 3.8) is 0 Å². The third kappa shape index (κ3) is 2.87. The zero-order valence-corrected chi connectivity index (χ0v) is 10.3. The summed E-state index contributed by atoms with van der Waals surface area (Å²) in [4.78, 5) is 9.67. The molecule has 0 heterocycles. The number of alkyl halides is 13. The van der Waals surface area contributed by atoms with Crippen LogP contribution in [0.15, 0.2) is 0 Å². The van der Waals surface area contributed by atoms with E-state index in [2.05, 4.69) is 0 Å². The van der Waals surface area contributed by atoms with Gasteiger partial charge in [-0.15, -0.1) is 0 Å². The smallest absolute Gasteiger partial charge is 0.460 e. The minimum absolute atomic E-state index is 0. The van der Waals surface area contributed by atoms with Gasteiger partial charge in [-0.2, -0.15) is 57.1 Å². The maximum atomic E-state index is 12.6. The van der Waals surface area contributed by atoms with Gasteiger partial charge in [0.2, 0.25) is 0 Å². The Bertz CT molecular complexity index is 454. The zero-order valence-electron chi connectivity index (χ0n) is 10.3. The number of aliphatic carboxylic acids is 1. The molecule has 0 aromatic carbocycles. The molecule has 23 heavy (non-hydrogen) atoms. The summed E-state index contributed by atoms with van der Waals surface area (Å²) < 4.78 is 159. The van der Waals surface area contributed by atoms with Crippen molar-refractivity contribution in [2.45, 2.75) is 35.8 Å². The van der Waals surface area contributed by atoms with E-state index < -0.39 is 41.8 Å². The molecule has 0 aromatic heterocycles. The fraction of sp³-hybridized carbons (Fsp3) is 0.857. The predicted molar refractivity (Wildman–Crippen MR) is 44.4 cm³/mol. The quantitative estimate of drug-likeness (QED) is 0.700. The first kappa shape index (κ1) is 23.8. The van der Waals surface area contributed by atoms with Crippen LogP contribution in [0.3, 0.4) is 0 Å². The van der Waals surface area contributed by atoms with E-state index in [0.717, 1.165) is 0 Å². The summed E-state index contributed by atoms with van der Waals surface area (Å²) in [6.45, 7) is 0. The molecular formula is C7H5F13NO2+. The summed E-state index contributed by atoms with van der Waals surface area (Å²) in [5, 5.41) is 7.55. The molecule has 16 heteroatoms. The number of carbonyl (C=O) groups is 1. The highest BCUT2D eigenvalue weighted by Gasteiger charge is 2.91. The number of rotatable bonds is 5. The molecule has 0 atom stereocenters. The average molecular weight is 382 g/mol. The molecule has 0 saturated heterocycles. The van der Waals surface area contributed by atoms with Gasteiger partial charge in [-0.25, -0.2) is 4.79 Å². The molecule has 0 radical (unpaired) electrons. The van der Waals surface area contributed by atoms with Gasteiger partial charge < -0.3 is 11.3 Å². The predicted octanol–water partition coefficient (Wildman–Crippen LogP) is 4.19. The van der Waals surface area contributed by atoms with Crippen LogP contribution in [0.4, 0.5) is 57.1 Å². The van der Waals surface area contributed by atoms with Crippen molar-refractivity contribution in [3.05, 3.63) is 0 Å². The van der Waals surface area contributed by atoms with Crippen molar-refractivity contribution in [1.29, 1.82) is 0 Å². The second kappa shape index (κ2) is 5.55. The first-order valence-corrected chi connectivity index (χ1v) is 4.38. The fourth-order valence-corrected chi connectivity index (χ4v) is 0.904. The lowest BCUT2D eigenvalue weighted by atomic mass is 9.94. The van der Waals surface area contributed by atoms with Crippen LogP contribution in [-0.4, -0.2) is 46.9 Å². The lowest BCUT2D eigenvalue weighted by Crippen LogP contribution is -2.71. The maximum Gasteiger partial charge on any atom is 0.460 e. The van der Waals surface area contributed by atoms with Crippen molar-refractivity contribution < 1.29 is 67.0 Å². The summed E-state index contributed by atoms with van der Waals surface area (Å²) in [5.41, 5.74) is 0. The number of carboxylic acid groups (broad SMARTS) is 1. The molecule has 0 aromatic rings. The number of hydrogen-bond donors (Lipinski definition) is 2. The van der Waals surface area contributed by atoms with Gasteiger partial charge in [-0.3, -0.25) is 0 Å². The van der Waals surface area contributed by atoms with Gasteiger partial charge in [-0.1, -0.05) is 0 Å². The molecular weight excluding hydrogens is 377 g/mol. The van der Waals surface area contributed by atoms with Gasteiger partial charge in [0.05, 0.1) is 0 Å². The van der Waals surface area contributed by atoms with Crippen LogP contribution < -0.4 is 6.15 Å². The first-order valence-electron chi connectivity index (χ1n) is 4.38. The Morgan fingerprint density at radius 1 is 0.565 bits per heavy atom. The number of carboxylic acids is 1. The molecule has 0 aliphatic heterocycles. The molecule has 0 rings (SSSR count). The normalized spacial score (nSPS) is 15.2. The van der Waals surface area contributed by atoms with E-state index in [1.807, 2.05) is 0 Å². The Hall–Kier alpha value is -1.48. The molecule has 0 unspecified atom stereocenters. The zero-order chi connectivity index (χ0) is 18.6. The van der Waals surface area contributed by atoms with Crippen molar-refractivity contribution in [1.82, 2.24) is 6.15 Å². The van der Waals surface area contributed by atoms with E-state index in [9.17, 15) is 61.9 Å². The van der Waals surface area contributed by atoms with Crippen molar-refractivity contribution in [2.75, 3.05) is 0 Å². The second-order valence-electron chi connectivity index (χ2n) is 3.67. The van der Waals surface area contributed by atoms with E-state index in [0.29, 0.717) is 0 Å². The molecule has 0 amide bonds. The Morgan fingerprint density at radius 2 is 0.826 bits per heavy atom. The molecule has 140 valence electrons. The first-order chi connectivity index (χ1) is 9.19. The highest BCUT2D eigenvalue weighted by molar-refractivity contribution is 5.77. The molecule has 0 spiro atoms. The summed E-state index contributed by atoms with van der Waals surface area (Å²) in [6, 6.07) is 0. The minimum atomic E-state index is -8.08. The van der Waals surface area contributed by atoms with Gasteiger partial charge in [-0.05, 0) is 0 Å². The molecule has 0 saturated carbocycles. The Morgan fingerprint density at radius 3 is 1.04 bits per heavy atom. The Kier molecular flexibility index (Phi) is 5.74. The maximum absolute atomic E-state index is 12.6. The molecule has 0 bridgehead atoms. The molecule has 0 aliphatic rings. The Labute approximate surface area is 116 Å². The van der Waals surface area contributed by atoms with Gasteiger partial charge in [0.25, 0.3) is 0 Å². The van der Waals surface area contributed by atoms with E-state index in [1.165, 1.54) is 0 Å². The molecule has 3 nitrogen and oxygen atoms in total. The molecule has 5 N–H and O–H groups in total. The van der Waals surface area contributed by atoms with Crippen LogP contribution in [-0.2, 0) is 4.79 Å². The number of halogens is 13. The standard InChI is InChI=1S/C7HF13O2.H3N/c8-2(9,1(21)22)3(10,11)4(12,13)5(14,15)6(16,17)7(18,19)20;/h(H,21,22);1H3/p+1. The summed E-state index contributed by atoms with van der Waals surface area (Å²) in [6.07, 6.45) is -7.52. The van der Waals surface area contributed by atoms with E-state index in [1.54, 1.807) is 0 Å². The van der Waals surface area contributed by atoms with Crippen LogP contribution in [0.1, 0.15) is 0 Å². The van der Waals surface area contributed by atoms with E-state index >= 15 is 0 Å². The highest BCUT2D eigenvalue weighted by Crippen LogP contribution is 2.60. The summed E-state index contributed by atoms with van der Waals surface area (Å²) in [5.74, 6) is -43.0. The third-order valence-corrected chi connectivity index (χ3v) is 2.20. The van der Waals surface area contributed by atoms with Gasteiger partial charge in [0, 0.05) is 0 Å². The van der Waals surface area contributed by atoms with Crippen molar-refractivity contribution in [3.8, 4) is 0 Å². The fourth-order valence-electron chi connectivity index (χ4n) is 0.904. The average Bonchev–Trinajstić information content (AvgIpc) is 2.25. The van der Waals surface area contributed by atoms with Crippen LogP contribution in [0.25, 0.3) is 0 Å². The lowest BCUT2D eigenvalue weighted by Gasteiger charge is -2.38. The number of quaternary nitrogens is 1. The summed E-state index contributed by atoms with van der Waals surface area (Å²) >= 11 is 0. The monoisotopic (exact) mass is 382 g/mol. The van der Waals surface area contributed by atoms with Gasteiger partial charge >= 0.3 is 41.8 Å². The lowest BCUT2D eigenvalue weighted by molar-refractivity contribution is -0.436.